The summed E-state index contributed by atoms with van der Waals surface area (Å²) in [5, 5.41) is 0.570. The number of thiophene rings is 1. The highest BCUT2D eigenvalue weighted by Crippen LogP contribution is 2.36. The first-order valence-electron chi connectivity index (χ1n) is 4.73. The Balaban J connectivity index is 2.33. The van der Waals surface area contributed by atoms with Gasteiger partial charge in [0, 0.05) is 14.2 Å². The van der Waals surface area contributed by atoms with E-state index in [1.807, 2.05) is 18.2 Å². The van der Waals surface area contributed by atoms with Gasteiger partial charge in [-0.1, -0.05) is 17.7 Å². The van der Waals surface area contributed by atoms with Crippen molar-refractivity contribution in [3.63, 3.8) is 0 Å². The lowest BCUT2D eigenvalue weighted by atomic mass is 10.1. The van der Waals surface area contributed by atoms with Crippen LogP contribution in [0.3, 0.4) is 0 Å². The van der Waals surface area contributed by atoms with Crippen LogP contribution in [-0.4, -0.2) is 0 Å². The maximum absolute atomic E-state index is 6.41. The van der Waals surface area contributed by atoms with Crippen molar-refractivity contribution in [1.29, 1.82) is 0 Å². The zero-order chi connectivity index (χ0) is 11.7. The molecule has 1 atom stereocenters. The quantitative estimate of drug-likeness (QED) is 0.608. The molecule has 16 heavy (non-hydrogen) atoms. The SMILES string of the molecule is Cc1ccc(C(Cl)c2ccc(Br)c(Cl)c2)s1. The molecule has 1 aromatic heterocycles. The van der Waals surface area contributed by atoms with E-state index in [1.165, 1.54) is 4.88 Å². The minimum atomic E-state index is -0.121. The van der Waals surface area contributed by atoms with Gasteiger partial charge in [0.15, 0.2) is 0 Å². The Bertz CT molecular complexity index is 507. The predicted octanol–water partition coefficient (Wildman–Crippen LogP) is 5.80. The number of hydrogen-bond donors (Lipinski definition) is 0. The maximum atomic E-state index is 6.41. The second-order valence-electron chi connectivity index (χ2n) is 3.48. The van der Waals surface area contributed by atoms with E-state index in [0.717, 1.165) is 14.9 Å². The zero-order valence-corrected chi connectivity index (χ0v) is 12.4. The summed E-state index contributed by atoms with van der Waals surface area (Å²) in [4.78, 5) is 2.42. The Kier molecular flexibility index (Phi) is 3.96. The van der Waals surface area contributed by atoms with Crippen molar-refractivity contribution >= 4 is 50.5 Å². The van der Waals surface area contributed by atoms with Crippen LogP contribution in [0.4, 0.5) is 0 Å². The van der Waals surface area contributed by atoms with Crippen molar-refractivity contribution < 1.29 is 0 Å². The minimum Gasteiger partial charge on any atom is -0.144 e. The Morgan fingerprint density at radius 1 is 1.25 bits per heavy atom. The van der Waals surface area contributed by atoms with Crippen LogP contribution in [0.15, 0.2) is 34.8 Å². The summed E-state index contributed by atoms with van der Waals surface area (Å²) in [7, 11) is 0. The van der Waals surface area contributed by atoms with Crippen molar-refractivity contribution in [2.75, 3.05) is 0 Å². The number of hydrogen-bond acceptors (Lipinski definition) is 1. The molecule has 0 nitrogen and oxygen atoms in total. The van der Waals surface area contributed by atoms with E-state index in [-0.39, 0.29) is 5.38 Å². The van der Waals surface area contributed by atoms with Crippen LogP contribution in [0.2, 0.25) is 5.02 Å². The molecule has 2 rings (SSSR count). The van der Waals surface area contributed by atoms with Crippen molar-refractivity contribution in [2.24, 2.45) is 0 Å². The Hall–Kier alpha value is -0.0200. The number of aryl methyl sites for hydroxylation is 1. The summed E-state index contributed by atoms with van der Waals surface area (Å²) in [6.45, 7) is 2.08. The first-order valence-corrected chi connectivity index (χ1v) is 7.15. The van der Waals surface area contributed by atoms with Crippen molar-refractivity contribution in [3.8, 4) is 0 Å². The first-order chi connectivity index (χ1) is 7.58. The Morgan fingerprint density at radius 3 is 2.56 bits per heavy atom. The highest BCUT2D eigenvalue weighted by atomic mass is 79.9. The highest BCUT2D eigenvalue weighted by Gasteiger charge is 2.13. The van der Waals surface area contributed by atoms with Crippen LogP contribution in [0.25, 0.3) is 0 Å². The van der Waals surface area contributed by atoms with E-state index in [1.54, 1.807) is 11.3 Å². The smallest absolute Gasteiger partial charge is 0.0928 e. The number of benzene rings is 1. The lowest BCUT2D eigenvalue weighted by molar-refractivity contribution is 1.18. The normalized spacial score (nSPS) is 12.8. The molecule has 0 bridgehead atoms. The standard InChI is InChI=1S/C12H9BrCl2S/c1-7-2-5-11(16-7)12(15)8-3-4-9(13)10(14)6-8/h2-6,12H,1H3. The second kappa shape index (κ2) is 5.09. The van der Waals surface area contributed by atoms with Gasteiger partial charge in [-0.05, 0) is 52.7 Å². The molecule has 0 saturated carbocycles. The van der Waals surface area contributed by atoms with Gasteiger partial charge in [0.2, 0.25) is 0 Å². The largest absolute Gasteiger partial charge is 0.144 e. The molecule has 1 aromatic carbocycles. The summed E-state index contributed by atoms with van der Waals surface area (Å²) >= 11 is 17.5. The van der Waals surface area contributed by atoms with Gasteiger partial charge in [-0.3, -0.25) is 0 Å². The van der Waals surface area contributed by atoms with Crippen LogP contribution >= 0.6 is 50.5 Å². The molecular weight excluding hydrogens is 327 g/mol. The van der Waals surface area contributed by atoms with Crippen LogP contribution in [0.5, 0.6) is 0 Å². The van der Waals surface area contributed by atoms with Gasteiger partial charge in [0.25, 0.3) is 0 Å². The van der Waals surface area contributed by atoms with Gasteiger partial charge in [0.1, 0.15) is 0 Å². The van der Waals surface area contributed by atoms with Gasteiger partial charge in [0.05, 0.1) is 10.4 Å². The predicted molar refractivity (Wildman–Crippen MR) is 75.9 cm³/mol. The number of halogens is 3. The van der Waals surface area contributed by atoms with E-state index in [2.05, 4.69) is 35.0 Å². The van der Waals surface area contributed by atoms with Gasteiger partial charge in [-0.25, -0.2) is 0 Å². The molecule has 1 unspecified atom stereocenters. The third-order valence-electron chi connectivity index (χ3n) is 2.25. The van der Waals surface area contributed by atoms with Crippen LogP contribution < -0.4 is 0 Å². The molecule has 0 aliphatic carbocycles. The number of rotatable bonds is 2. The summed E-state index contributed by atoms with van der Waals surface area (Å²) in [5.74, 6) is 0. The third kappa shape index (κ3) is 2.62. The molecule has 0 aliphatic heterocycles. The fraction of sp³-hybridized carbons (Fsp3) is 0.167. The van der Waals surface area contributed by atoms with E-state index < -0.39 is 0 Å². The average Bonchev–Trinajstić information content (AvgIpc) is 2.68. The fourth-order valence-electron chi connectivity index (χ4n) is 1.42. The van der Waals surface area contributed by atoms with Crippen LogP contribution in [-0.2, 0) is 0 Å². The van der Waals surface area contributed by atoms with Crippen molar-refractivity contribution in [3.05, 3.63) is 55.1 Å². The average molecular weight is 336 g/mol. The molecule has 2 aromatic rings. The molecule has 4 heteroatoms. The highest BCUT2D eigenvalue weighted by molar-refractivity contribution is 9.10. The van der Waals surface area contributed by atoms with Gasteiger partial charge in [-0.2, -0.15) is 0 Å². The molecule has 0 radical (unpaired) electrons. The molecule has 1 heterocycles. The monoisotopic (exact) mass is 334 g/mol. The second-order valence-corrected chi connectivity index (χ2v) is 6.50. The zero-order valence-electron chi connectivity index (χ0n) is 8.51. The summed E-state index contributed by atoms with van der Waals surface area (Å²) in [6, 6.07) is 9.96. The summed E-state index contributed by atoms with van der Waals surface area (Å²) < 4.78 is 0.893. The van der Waals surface area contributed by atoms with Crippen molar-refractivity contribution in [1.82, 2.24) is 0 Å². The van der Waals surface area contributed by atoms with E-state index in [4.69, 9.17) is 23.2 Å². The summed E-state index contributed by atoms with van der Waals surface area (Å²) in [6.07, 6.45) is 0. The molecule has 0 spiro atoms. The molecule has 0 saturated heterocycles. The third-order valence-corrected chi connectivity index (χ3v) is 5.16. The van der Waals surface area contributed by atoms with Gasteiger partial charge >= 0.3 is 0 Å². The van der Waals surface area contributed by atoms with Gasteiger partial charge < -0.3 is 0 Å². The molecule has 0 fully saturated rings. The van der Waals surface area contributed by atoms with Crippen LogP contribution in [0.1, 0.15) is 20.7 Å². The van der Waals surface area contributed by atoms with Gasteiger partial charge in [-0.15, -0.1) is 22.9 Å². The lowest BCUT2D eigenvalue weighted by Crippen LogP contribution is -1.89. The molecule has 84 valence electrons. The topological polar surface area (TPSA) is 0 Å². The molecule has 0 aliphatic rings. The summed E-state index contributed by atoms with van der Waals surface area (Å²) in [5.41, 5.74) is 1.02. The number of alkyl halides is 1. The van der Waals surface area contributed by atoms with Crippen LogP contribution in [0, 0.1) is 6.92 Å². The lowest BCUT2D eigenvalue weighted by Gasteiger charge is -2.08. The Labute approximate surface area is 117 Å². The maximum Gasteiger partial charge on any atom is 0.0928 e. The first kappa shape index (κ1) is 12.4. The molecule has 0 amide bonds. The van der Waals surface area contributed by atoms with E-state index in [9.17, 15) is 0 Å². The van der Waals surface area contributed by atoms with E-state index >= 15 is 0 Å². The fourth-order valence-corrected chi connectivity index (χ4v) is 3.09. The van der Waals surface area contributed by atoms with E-state index in [0.29, 0.717) is 5.02 Å². The molecular formula is C12H9BrCl2S. The Morgan fingerprint density at radius 2 is 2.00 bits per heavy atom. The molecule has 0 N–H and O–H groups in total. The minimum absolute atomic E-state index is 0.121. The van der Waals surface area contributed by atoms with Crippen molar-refractivity contribution in [2.45, 2.75) is 12.3 Å².